The fourth-order valence-electron chi connectivity index (χ4n) is 3.71. The van der Waals surface area contributed by atoms with Crippen LogP contribution in [0.15, 0.2) is 48.5 Å². The van der Waals surface area contributed by atoms with Gasteiger partial charge in [-0.1, -0.05) is 35.9 Å². The molecular weight excluding hydrogens is 390 g/mol. The van der Waals surface area contributed by atoms with Crippen LogP contribution in [-0.4, -0.2) is 45.4 Å². The number of aryl methyl sites for hydroxylation is 2. The molecule has 1 aromatic heterocycles. The molecule has 0 radical (unpaired) electrons. The van der Waals surface area contributed by atoms with Gasteiger partial charge in [-0.2, -0.15) is 5.10 Å². The van der Waals surface area contributed by atoms with E-state index in [1.807, 2.05) is 41.9 Å². The van der Waals surface area contributed by atoms with Crippen LogP contribution < -0.4 is 4.90 Å². The predicted molar refractivity (Wildman–Crippen MR) is 117 cm³/mol. The van der Waals surface area contributed by atoms with Gasteiger partial charge in [0.25, 0.3) is 0 Å². The molecule has 0 aliphatic carbocycles. The van der Waals surface area contributed by atoms with E-state index >= 15 is 0 Å². The van der Waals surface area contributed by atoms with E-state index in [9.17, 15) is 0 Å². The van der Waals surface area contributed by atoms with E-state index in [0.717, 1.165) is 47.5 Å². The second kappa shape index (κ2) is 8.07. The van der Waals surface area contributed by atoms with Crippen molar-refractivity contribution in [2.45, 2.75) is 20.5 Å². The van der Waals surface area contributed by atoms with Gasteiger partial charge in [-0.05, 0) is 55.9 Å². The Hall–Kier alpha value is -2.15. The molecule has 7 heteroatoms. The lowest BCUT2D eigenvalue weighted by atomic mass is 10.2. The fraction of sp³-hybridized carbons (Fsp3) is 0.333. The molecule has 2 heterocycles. The fourth-order valence-corrected chi connectivity index (χ4v) is 4.22. The van der Waals surface area contributed by atoms with E-state index in [4.69, 9.17) is 28.9 Å². The maximum Gasteiger partial charge on any atom is 0.203 e. The Morgan fingerprint density at radius 1 is 1.00 bits per heavy atom. The summed E-state index contributed by atoms with van der Waals surface area (Å²) in [5.41, 5.74) is 3.47. The molecule has 146 valence electrons. The van der Waals surface area contributed by atoms with Crippen molar-refractivity contribution < 1.29 is 0 Å². The highest BCUT2D eigenvalue weighted by Gasteiger charge is 2.19. The Balaban J connectivity index is 1.47. The molecule has 0 bridgehead atoms. The third-order valence-corrected chi connectivity index (χ3v) is 5.87. The number of anilines is 1. The molecule has 0 atom stereocenters. The summed E-state index contributed by atoms with van der Waals surface area (Å²) < 4.78 is 4.74. The van der Waals surface area contributed by atoms with Gasteiger partial charge in [0.2, 0.25) is 4.77 Å². The van der Waals surface area contributed by atoms with Crippen molar-refractivity contribution in [1.29, 1.82) is 0 Å². The lowest BCUT2D eigenvalue weighted by molar-refractivity contribution is 0.194. The zero-order chi connectivity index (χ0) is 19.7. The predicted octanol–water partition coefficient (Wildman–Crippen LogP) is 4.45. The molecule has 2 aromatic carbocycles. The Morgan fingerprint density at radius 3 is 2.46 bits per heavy atom. The van der Waals surface area contributed by atoms with E-state index in [1.165, 1.54) is 11.3 Å². The SMILES string of the molecule is Cc1ccccc1-n1c(C)nn(CN2CCN(c3cccc(Cl)c3)CC2)c1=S. The summed E-state index contributed by atoms with van der Waals surface area (Å²) in [6.07, 6.45) is 0. The van der Waals surface area contributed by atoms with Crippen LogP contribution in [0.5, 0.6) is 0 Å². The van der Waals surface area contributed by atoms with E-state index in [-0.39, 0.29) is 0 Å². The molecule has 1 aliphatic rings. The van der Waals surface area contributed by atoms with E-state index in [0.29, 0.717) is 6.67 Å². The monoisotopic (exact) mass is 413 g/mol. The van der Waals surface area contributed by atoms with Crippen LogP contribution in [0.2, 0.25) is 5.02 Å². The van der Waals surface area contributed by atoms with Crippen molar-refractivity contribution in [3.8, 4) is 5.69 Å². The van der Waals surface area contributed by atoms with Gasteiger partial charge in [-0.25, -0.2) is 4.68 Å². The molecule has 0 spiro atoms. The molecule has 4 rings (SSSR count). The highest BCUT2D eigenvalue weighted by Crippen LogP contribution is 2.21. The van der Waals surface area contributed by atoms with Gasteiger partial charge < -0.3 is 4.90 Å². The topological polar surface area (TPSA) is 29.2 Å². The number of aromatic nitrogens is 3. The molecule has 1 fully saturated rings. The van der Waals surface area contributed by atoms with Crippen molar-refractivity contribution >= 4 is 29.5 Å². The van der Waals surface area contributed by atoms with Gasteiger partial charge in [0.1, 0.15) is 5.82 Å². The number of piperazine rings is 1. The van der Waals surface area contributed by atoms with Gasteiger partial charge in [0.05, 0.1) is 12.4 Å². The van der Waals surface area contributed by atoms with Gasteiger partial charge in [0, 0.05) is 36.9 Å². The minimum atomic E-state index is 0.710. The minimum Gasteiger partial charge on any atom is -0.369 e. The average molecular weight is 414 g/mol. The van der Waals surface area contributed by atoms with Crippen molar-refractivity contribution in [2.75, 3.05) is 31.1 Å². The minimum absolute atomic E-state index is 0.710. The molecule has 0 saturated carbocycles. The van der Waals surface area contributed by atoms with E-state index in [2.05, 4.69) is 39.5 Å². The smallest absolute Gasteiger partial charge is 0.203 e. The number of hydrogen-bond donors (Lipinski definition) is 0. The Labute approximate surface area is 175 Å². The highest BCUT2D eigenvalue weighted by atomic mass is 35.5. The zero-order valence-electron chi connectivity index (χ0n) is 16.2. The molecule has 3 aromatic rings. The summed E-state index contributed by atoms with van der Waals surface area (Å²) in [6.45, 7) is 8.67. The number of halogens is 1. The lowest BCUT2D eigenvalue weighted by Crippen LogP contribution is -2.47. The Morgan fingerprint density at radius 2 is 1.75 bits per heavy atom. The number of benzene rings is 2. The second-order valence-electron chi connectivity index (χ2n) is 7.18. The van der Waals surface area contributed by atoms with Crippen LogP contribution >= 0.6 is 23.8 Å². The summed E-state index contributed by atoms with van der Waals surface area (Å²) in [4.78, 5) is 4.77. The second-order valence-corrected chi connectivity index (χ2v) is 7.98. The van der Waals surface area contributed by atoms with Crippen LogP contribution in [0.3, 0.4) is 0 Å². The van der Waals surface area contributed by atoms with Crippen LogP contribution in [0.25, 0.3) is 5.69 Å². The van der Waals surface area contributed by atoms with Crippen LogP contribution in [0.1, 0.15) is 11.4 Å². The first-order chi connectivity index (χ1) is 13.5. The lowest BCUT2D eigenvalue weighted by Gasteiger charge is -2.35. The third-order valence-electron chi connectivity index (χ3n) is 5.24. The van der Waals surface area contributed by atoms with Gasteiger partial charge >= 0.3 is 0 Å². The number of nitrogens with zero attached hydrogens (tertiary/aromatic N) is 5. The van der Waals surface area contributed by atoms with Crippen LogP contribution in [0.4, 0.5) is 5.69 Å². The first-order valence-corrected chi connectivity index (χ1v) is 10.3. The van der Waals surface area contributed by atoms with Gasteiger partial charge in [-0.15, -0.1) is 0 Å². The normalized spacial score (nSPS) is 15.2. The average Bonchev–Trinajstić information content (AvgIpc) is 2.96. The van der Waals surface area contributed by atoms with Crippen molar-refractivity contribution in [3.05, 3.63) is 69.7 Å². The summed E-state index contributed by atoms with van der Waals surface area (Å²) in [6, 6.07) is 16.3. The molecule has 1 aliphatic heterocycles. The maximum absolute atomic E-state index is 6.13. The van der Waals surface area contributed by atoms with Crippen LogP contribution in [0, 0.1) is 18.6 Å². The largest absolute Gasteiger partial charge is 0.369 e. The molecule has 0 N–H and O–H groups in total. The molecule has 1 saturated heterocycles. The Bertz CT molecular complexity index is 1030. The van der Waals surface area contributed by atoms with Gasteiger partial charge in [-0.3, -0.25) is 9.47 Å². The van der Waals surface area contributed by atoms with Gasteiger partial charge in [0.15, 0.2) is 0 Å². The number of hydrogen-bond acceptors (Lipinski definition) is 4. The molecule has 0 unspecified atom stereocenters. The first-order valence-electron chi connectivity index (χ1n) is 9.48. The first kappa shape index (κ1) is 19.2. The molecule has 0 amide bonds. The molecule has 28 heavy (non-hydrogen) atoms. The van der Waals surface area contributed by atoms with Crippen molar-refractivity contribution in [1.82, 2.24) is 19.2 Å². The summed E-state index contributed by atoms with van der Waals surface area (Å²) >= 11 is 11.9. The van der Waals surface area contributed by atoms with Crippen molar-refractivity contribution in [3.63, 3.8) is 0 Å². The summed E-state index contributed by atoms with van der Waals surface area (Å²) in [5.74, 6) is 0.914. The summed E-state index contributed by atoms with van der Waals surface area (Å²) in [7, 11) is 0. The molecular formula is C21H24ClN5S. The quantitative estimate of drug-likeness (QED) is 0.591. The number of rotatable bonds is 4. The molecule has 5 nitrogen and oxygen atoms in total. The highest BCUT2D eigenvalue weighted by molar-refractivity contribution is 7.71. The third kappa shape index (κ3) is 3.85. The standard InChI is InChI=1S/C21H24ClN5S/c1-16-6-3-4-9-20(16)27-17(2)23-26(21(27)28)15-24-10-12-25(13-11-24)19-8-5-7-18(22)14-19/h3-9,14H,10-13,15H2,1-2H3. The van der Waals surface area contributed by atoms with E-state index < -0.39 is 0 Å². The van der Waals surface area contributed by atoms with E-state index in [1.54, 1.807) is 0 Å². The zero-order valence-corrected chi connectivity index (χ0v) is 17.7. The maximum atomic E-state index is 6.13. The van der Waals surface area contributed by atoms with Crippen LogP contribution in [-0.2, 0) is 6.67 Å². The number of para-hydroxylation sites is 1. The summed E-state index contributed by atoms with van der Waals surface area (Å²) in [5, 5.41) is 5.49. The van der Waals surface area contributed by atoms with Crippen molar-refractivity contribution in [2.24, 2.45) is 0 Å². The Kier molecular flexibility index (Phi) is 5.53.